The number of hydrogen-bond acceptors (Lipinski definition) is 8. The maximum atomic E-state index is 14.0. The molecule has 1 aliphatic rings. The third-order valence-corrected chi connectivity index (χ3v) is 7.68. The van der Waals surface area contributed by atoms with Crippen molar-refractivity contribution in [2.45, 2.75) is 33.1 Å². The first kappa shape index (κ1) is 32.6. The molecule has 0 saturated carbocycles. The standard InChI is InChI=1S/C33H35F3N8O2/c1-22-4-6-26(16-25(22)7-5-24-18-37-32(38-19-24)40-30-21-44(14-15-45)41-23(30)2)31(46)39-28-9-8-27(29(17-28)33(34,35)36)20-43-12-10-42(3)11-13-43/h4,6,8-9,16-19,21,45H,10-15,20H2,1-3H3,(H,39,46)(H,37,38,40). The van der Waals surface area contributed by atoms with Crippen LogP contribution in [0.1, 0.15) is 43.9 Å². The van der Waals surface area contributed by atoms with E-state index in [0.29, 0.717) is 42.4 Å². The minimum atomic E-state index is -4.56. The van der Waals surface area contributed by atoms with Gasteiger partial charge in [0.1, 0.15) is 0 Å². The van der Waals surface area contributed by atoms with Gasteiger partial charge in [0.15, 0.2) is 0 Å². The molecule has 0 aliphatic carbocycles. The number of likely N-dealkylation sites (N-methyl/N-ethyl adjacent to an activating group) is 1. The number of aromatic nitrogens is 4. The molecule has 3 heterocycles. The van der Waals surface area contributed by atoms with Crippen molar-refractivity contribution in [3.63, 3.8) is 0 Å². The van der Waals surface area contributed by atoms with Gasteiger partial charge in [-0.05, 0) is 56.3 Å². The highest BCUT2D eigenvalue weighted by molar-refractivity contribution is 6.04. The Hall–Kier alpha value is -4.77. The van der Waals surface area contributed by atoms with Gasteiger partial charge in [-0.2, -0.15) is 18.3 Å². The monoisotopic (exact) mass is 632 g/mol. The molecule has 0 radical (unpaired) electrons. The number of halogens is 3. The Bertz CT molecular complexity index is 1750. The lowest BCUT2D eigenvalue weighted by atomic mass is 10.0. The SMILES string of the molecule is Cc1ccc(C(=O)Nc2ccc(CN3CCN(C)CC3)c(C(F)(F)F)c2)cc1C#Cc1cnc(Nc2cn(CCO)nc2C)nc1. The highest BCUT2D eigenvalue weighted by atomic mass is 19.4. The van der Waals surface area contributed by atoms with Gasteiger partial charge in [-0.3, -0.25) is 14.4 Å². The van der Waals surface area contributed by atoms with E-state index in [1.165, 1.54) is 12.1 Å². The summed E-state index contributed by atoms with van der Waals surface area (Å²) in [6.45, 7) is 7.22. The molecule has 2 aromatic carbocycles. The van der Waals surface area contributed by atoms with E-state index in [0.717, 1.165) is 30.4 Å². The molecule has 13 heteroatoms. The van der Waals surface area contributed by atoms with Crippen LogP contribution >= 0.6 is 0 Å². The number of aryl methyl sites for hydroxylation is 2. The van der Waals surface area contributed by atoms with Gasteiger partial charge >= 0.3 is 6.18 Å². The minimum absolute atomic E-state index is 0.0221. The number of rotatable bonds is 8. The highest BCUT2D eigenvalue weighted by Gasteiger charge is 2.34. The van der Waals surface area contributed by atoms with Crippen LogP contribution in [0.15, 0.2) is 55.0 Å². The Kier molecular flexibility index (Phi) is 10.0. The van der Waals surface area contributed by atoms with Crippen LogP contribution in [0.2, 0.25) is 0 Å². The van der Waals surface area contributed by atoms with Gasteiger partial charge in [-0.25, -0.2) is 9.97 Å². The molecule has 5 rings (SSSR count). The molecule has 1 saturated heterocycles. The predicted molar refractivity (Wildman–Crippen MR) is 169 cm³/mol. The molecule has 3 N–H and O–H groups in total. The molecule has 1 fully saturated rings. The summed E-state index contributed by atoms with van der Waals surface area (Å²) < 4.78 is 43.7. The van der Waals surface area contributed by atoms with Crippen molar-refractivity contribution in [1.82, 2.24) is 29.5 Å². The van der Waals surface area contributed by atoms with Crippen molar-refractivity contribution < 1.29 is 23.1 Å². The Morgan fingerprint density at radius 3 is 2.46 bits per heavy atom. The van der Waals surface area contributed by atoms with Crippen LogP contribution in [-0.2, 0) is 19.3 Å². The fourth-order valence-corrected chi connectivity index (χ4v) is 4.98. The summed E-state index contributed by atoms with van der Waals surface area (Å²) >= 11 is 0. The lowest BCUT2D eigenvalue weighted by Crippen LogP contribution is -2.44. The predicted octanol–water partition coefficient (Wildman–Crippen LogP) is 4.44. The van der Waals surface area contributed by atoms with E-state index in [2.05, 4.69) is 42.4 Å². The molecular weight excluding hydrogens is 597 g/mol. The van der Waals surface area contributed by atoms with E-state index >= 15 is 0 Å². The minimum Gasteiger partial charge on any atom is -0.394 e. The summed E-state index contributed by atoms with van der Waals surface area (Å²) in [4.78, 5) is 25.9. The normalized spacial score (nSPS) is 14.1. The highest BCUT2D eigenvalue weighted by Crippen LogP contribution is 2.35. The largest absolute Gasteiger partial charge is 0.416 e. The van der Waals surface area contributed by atoms with E-state index < -0.39 is 17.6 Å². The summed E-state index contributed by atoms with van der Waals surface area (Å²) in [5.41, 5.74) is 3.16. The van der Waals surface area contributed by atoms with E-state index in [1.54, 1.807) is 41.5 Å². The third-order valence-electron chi connectivity index (χ3n) is 7.68. The topological polar surface area (TPSA) is 111 Å². The second-order valence-electron chi connectivity index (χ2n) is 11.2. The Labute approximate surface area is 265 Å². The molecule has 0 spiro atoms. The number of nitrogens with zero attached hydrogens (tertiary/aromatic N) is 6. The number of carbonyl (C=O) groups excluding carboxylic acids is 1. The van der Waals surface area contributed by atoms with E-state index in [4.69, 9.17) is 5.11 Å². The zero-order chi connectivity index (χ0) is 32.8. The number of hydrogen-bond donors (Lipinski definition) is 3. The molecule has 2 aromatic heterocycles. The zero-order valence-corrected chi connectivity index (χ0v) is 25.8. The smallest absolute Gasteiger partial charge is 0.394 e. The molecule has 46 heavy (non-hydrogen) atoms. The second kappa shape index (κ2) is 14.1. The number of alkyl halides is 3. The summed E-state index contributed by atoms with van der Waals surface area (Å²) in [6.07, 6.45) is 0.324. The average Bonchev–Trinajstić information content (AvgIpc) is 3.36. The van der Waals surface area contributed by atoms with Crippen LogP contribution in [0.3, 0.4) is 0 Å². The molecule has 10 nitrogen and oxygen atoms in total. The summed E-state index contributed by atoms with van der Waals surface area (Å²) in [7, 11) is 1.99. The summed E-state index contributed by atoms with van der Waals surface area (Å²) in [5.74, 6) is 5.85. The number of amides is 1. The number of aliphatic hydroxyl groups is 1. The molecule has 0 unspecified atom stereocenters. The molecule has 4 aromatic rings. The lowest BCUT2D eigenvalue weighted by Gasteiger charge is -2.33. The van der Waals surface area contributed by atoms with Gasteiger partial charge in [0.05, 0.1) is 35.7 Å². The van der Waals surface area contributed by atoms with Crippen LogP contribution in [0.5, 0.6) is 0 Å². The van der Waals surface area contributed by atoms with Crippen molar-refractivity contribution in [3.8, 4) is 11.8 Å². The summed E-state index contributed by atoms with van der Waals surface area (Å²) in [5, 5.41) is 19.1. The fourth-order valence-electron chi connectivity index (χ4n) is 4.98. The first-order chi connectivity index (χ1) is 22.0. The lowest BCUT2D eigenvalue weighted by molar-refractivity contribution is -0.138. The Morgan fingerprint density at radius 2 is 1.76 bits per heavy atom. The van der Waals surface area contributed by atoms with Gasteiger partial charge in [-0.15, -0.1) is 0 Å². The molecule has 0 atom stereocenters. The van der Waals surface area contributed by atoms with Crippen LogP contribution in [0, 0.1) is 25.7 Å². The first-order valence-electron chi connectivity index (χ1n) is 14.8. The number of nitrogens with one attached hydrogen (secondary N) is 2. The van der Waals surface area contributed by atoms with Crippen molar-refractivity contribution >= 4 is 23.2 Å². The number of aliphatic hydroxyl groups excluding tert-OH is 1. The maximum absolute atomic E-state index is 14.0. The third kappa shape index (κ3) is 8.28. The summed E-state index contributed by atoms with van der Waals surface area (Å²) in [6, 6.07) is 8.90. The molecule has 240 valence electrons. The molecule has 0 bridgehead atoms. The molecule has 1 amide bonds. The number of benzene rings is 2. The van der Waals surface area contributed by atoms with Crippen molar-refractivity contribution in [2.24, 2.45) is 0 Å². The van der Waals surface area contributed by atoms with E-state index in [9.17, 15) is 18.0 Å². The van der Waals surface area contributed by atoms with Crippen molar-refractivity contribution in [2.75, 3.05) is 50.5 Å². The van der Waals surface area contributed by atoms with E-state index in [1.807, 2.05) is 25.8 Å². The van der Waals surface area contributed by atoms with Crippen LogP contribution in [0.25, 0.3) is 0 Å². The fraction of sp³-hybridized carbons (Fsp3) is 0.333. The second-order valence-corrected chi connectivity index (χ2v) is 11.2. The van der Waals surface area contributed by atoms with E-state index in [-0.39, 0.29) is 30.0 Å². The van der Waals surface area contributed by atoms with Gasteiger partial charge in [0, 0.05) is 68.1 Å². The zero-order valence-electron chi connectivity index (χ0n) is 25.8. The number of anilines is 3. The van der Waals surface area contributed by atoms with Crippen molar-refractivity contribution in [1.29, 1.82) is 0 Å². The van der Waals surface area contributed by atoms with Crippen LogP contribution in [0.4, 0.5) is 30.5 Å². The van der Waals surface area contributed by atoms with Crippen LogP contribution in [-0.4, -0.2) is 80.4 Å². The Morgan fingerprint density at radius 1 is 1.02 bits per heavy atom. The Balaban J connectivity index is 1.27. The van der Waals surface area contributed by atoms with Gasteiger partial charge in [-0.1, -0.05) is 24.0 Å². The molecular formula is C33H35F3N8O2. The number of carbonyl (C=O) groups is 1. The van der Waals surface area contributed by atoms with Gasteiger partial charge in [0.2, 0.25) is 5.95 Å². The van der Waals surface area contributed by atoms with Gasteiger partial charge in [0.25, 0.3) is 5.91 Å². The first-order valence-corrected chi connectivity index (χ1v) is 14.8. The molecule has 1 aliphatic heterocycles. The van der Waals surface area contributed by atoms with Crippen LogP contribution < -0.4 is 10.6 Å². The number of piperazine rings is 1. The quantitative estimate of drug-likeness (QED) is 0.245. The van der Waals surface area contributed by atoms with Crippen molar-refractivity contribution in [3.05, 3.63) is 94.1 Å². The van der Waals surface area contributed by atoms with Gasteiger partial charge < -0.3 is 20.6 Å². The maximum Gasteiger partial charge on any atom is 0.416 e. The average molecular weight is 633 g/mol.